The first-order valence-corrected chi connectivity index (χ1v) is 12.4. The van der Waals surface area contributed by atoms with Gasteiger partial charge >= 0.3 is 5.97 Å². The molecule has 1 aromatic heterocycles. The maximum atomic E-state index is 15.3. The molecule has 190 valence electrons. The number of nitrogens with zero attached hydrogens (tertiary/aromatic N) is 2. The molecule has 1 aromatic carbocycles. The van der Waals surface area contributed by atoms with E-state index in [1.54, 1.807) is 31.5 Å². The van der Waals surface area contributed by atoms with Gasteiger partial charge in [-0.25, -0.2) is 9.18 Å². The van der Waals surface area contributed by atoms with E-state index in [1.807, 2.05) is 6.92 Å². The van der Waals surface area contributed by atoms with Gasteiger partial charge in [0.15, 0.2) is 6.10 Å². The number of hydrogen-bond acceptors (Lipinski definition) is 5. The SMILES string of the molecule is C#CC(C)Oc1cc(N(Cc2cccnc2)C(=O)C2=C(C(=O)OCCCC)CCCC2)c(F)cc1Cl. The highest BCUT2D eigenvalue weighted by Crippen LogP contribution is 2.36. The van der Waals surface area contributed by atoms with E-state index in [-0.39, 0.29) is 23.0 Å². The Hall–Kier alpha value is -3.37. The minimum Gasteiger partial charge on any atom is -0.476 e. The number of rotatable bonds is 10. The molecule has 1 aliphatic carbocycles. The molecule has 0 radical (unpaired) electrons. The van der Waals surface area contributed by atoms with Crippen molar-refractivity contribution in [2.75, 3.05) is 11.5 Å². The van der Waals surface area contributed by atoms with E-state index in [4.69, 9.17) is 27.5 Å². The van der Waals surface area contributed by atoms with Crippen molar-refractivity contribution < 1.29 is 23.5 Å². The Kier molecular flexibility index (Phi) is 9.89. The third kappa shape index (κ3) is 6.86. The first-order valence-electron chi connectivity index (χ1n) is 12.1. The molecule has 0 spiro atoms. The molecule has 0 saturated heterocycles. The minimum atomic E-state index is -0.707. The highest BCUT2D eigenvalue weighted by molar-refractivity contribution is 6.32. The van der Waals surface area contributed by atoms with Gasteiger partial charge in [-0.1, -0.05) is 36.9 Å². The lowest BCUT2D eigenvalue weighted by molar-refractivity contribution is -0.139. The number of esters is 1. The van der Waals surface area contributed by atoms with Crippen LogP contribution in [0.3, 0.4) is 0 Å². The van der Waals surface area contributed by atoms with Gasteiger partial charge in [-0.05, 0) is 56.7 Å². The number of hydrogen-bond donors (Lipinski definition) is 0. The molecule has 0 aliphatic heterocycles. The summed E-state index contributed by atoms with van der Waals surface area (Å²) in [5.74, 6) is 0.917. The first kappa shape index (κ1) is 27.2. The molecule has 3 rings (SSSR count). The molecule has 1 aliphatic rings. The third-order valence-electron chi connectivity index (χ3n) is 5.84. The number of anilines is 1. The number of halogens is 2. The van der Waals surface area contributed by atoms with E-state index in [9.17, 15) is 9.59 Å². The number of ether oxygens (including phenoxy) is 2. The fourth-order valence-electron chi connectivity index (χ4n) is 3.91. The van der Waals surface area contributed by atoms with Crippen LogP contribution in [-0.2, 0) is 20.9 Å². The number of amides is 1. The fourth-order valence-corrected chi connectivity index (χ4v) is 4.10. The number of aromatic nitrogens is 1. The molecule has 0 fully saturated rings. The van der Waals surface area contributed by atoms with Crippen LogP contribution in [0.25, 0.3) is 0 Å². The van der Waals surface area contributed by atoms with Crippen molar-refractivity contribution in [1.82, 2.24) is 4.98 Å². The van der Waals surface area contributed by atoms with Gasteiger partial charge in [0.1, 0.15) is 11.6 Å². The molecule has 8 heteroatoms. The lowest BCUT2D eigenvalue weighted by Gasteiger charge is -2.28. The molecule has 0 bridgehead atoms. The number of pyridine rings is 1. The summed E-state index contributed by atoms with van der Waals surface area (Å²) in [6, 6.07) is 5.97. The van der Waals surface area contributed by atoms with Crippen LogP contribution >= 0.6 is 11.6 Å². The van der Waals surface area contributed by atoms with Gasteiger partial charge in [0.2, 0.25) is 0 Å². The maximum absolute atomic E-state index is 15.3. The van der Waals surface area contributed by atoms with Crippen LogP contribution in [0.15, 0.2) is 47.8 Å². The van der Waals surface area contributed by atoms with E-state index < -0.39 is 23.8 Å². The van der Waals surface area contributed by atoms with Crippen LogP contribution in [0.4, 0.5) is 10.1 Å². The fraction of sp³-hybridized carbons (Fsp3) is 0.393. The Morgan fingerprint density at radius 1 is 1.28 bits per heavy atom. The van der Waals surface area contributed by atoms with Crippen molar-refractivity contribution in [3.05, 3.63) is 64.2 Å². The third-order valence-corrected chi connectivity index (χ3v) is 6.14. The van der Waals surface area contributed by atoms with E-state index in [2.05, 4.69) is 10.9 Å². The van der Waals surface area contributed by atoms with Crippen LogP contribution in [-0.4, -0.2) is 29.6 Å². The van der Waals surface area contributed by atoms with E-state index in [0.717, 1.165) is 31.7 Å². The number of carbonyl (C=O) groups excluding carboxylic acids is 2. The van der Waals surface area contributed by atoms with Gasteiger partial charge in [-0.2, -0.15) is 0 Å². The number of unbranched alkanes of at least 4 members (excludes halogenated alkanes) is 1. The van der Waals surface area contributed by atoms with Gasteiger partial charge < -0.3 is 14.4 Å². The normalized spacial score (nSPS) is 14.1. The van der Waals surface area contributed by atoms with Gasteiger partial charge in [-0.15, -0.1) is 6.42 Å². The summed E-state index contributed by atoms with van der Waals surface area (Å²) < 4.78 is 26.4. The highest BCUT2D eigenvalue weighted by Gasteiger charge is 2.31. The molecule has 6 nitrogen and oxygen atoms in total. The molecule has 0 saturated carbocycles. The molecule has 1 atom stereocenters. The predicted molar refractivity (Wildman–Crippen MR) is 137 cm³/mol. The summed E-state index contributed by atoms with van der Waals surface area (Å²) in [4.78, 5) is 32.2. The van der Waals surface area contributed by atoms with E-state index in [1.165, 1.54) is 11.0 Å². The van der Waals surface area contributed by atoms with Crippen LogP contribution in [0.2, 0.25) is 5.02 Å². The molecule has 2 aromatic rings. The van der Waals surface area contributed by atoms with Crippen LogP contribution in [0.1, 0.15) is 57.9 Å². The number of benzene rings is 1. The average Bonchev–Trinajstić information content (AvgIpc) is 2.89. The quantitative estimate of drug-likeness (QED) is 0.221. The van der Waals surface area contributed by atoms with Gasteiger partial charge in [0.25, 0.3) is 5.91 Å². The zero-order valence-electron chi connectivity index (χ0n) is 20.6. The summed E-state index contributed by atoms with van der Waals surface area (Å²) in [7, 11) is 0. The molecule has 0 N–H and O–H groups in total. The van der Waals surface area contributed by atoms with E-state index >= 15 is 4.39 Å². The summed E-state index contributed by atoms with van der Waals surface area (Å²) >= 11 is 6.20. The summed E-state index contributed by atoms with van der Waals surface area (Å²) in [5.41, 5.74) is 1.33. The van der Waals surface area contributed by atoms with Gasteiger partial charge in [-0.3, -0.25) is 9.78 Å². The number of carbonyl (C=O) groups is 2. The monoisotopic (exact) mass is 512 g/mol. The summed E-state index contributed by atoms with van der Waals surface area (Å²) in [5, 5.41) is 0.0317. The second-order valence-corrected chi connectivity index (χ2v) is 8.97. The average molecular weight is 513 g/mol. The largest absolute Gasteiger partial charge is 0.476 e. The standard InChI is InChI=1S/C28H30ClFN2O4/c1-4-6-14-35-28(34)22-12-8-7-11-21(22)27(33)32(18-20-10-9-13-31-17-20)25-16-26(36-19(3)5-2)23(29)15-24(25)30/h2,9-10,13,15-17,19H,4,6-8,11-12,14,18H2,1,3H3. The lowest BCUT2D eigenvalue weighted by atomic mass is 9.90. The Labute approximate surface area is 216 Å². The Balaban J connectivity index is 2.06. The Bertz CT molecular complexity index is 1160. The molecule has 1 heterocycles. The summed E-state index contributed by atoms with van der Waals surface area (Å²) in [6.07, 6.45) is 12.0. The molecular weight excluding hydrogens is 483 g/mol. The van der Waals surface area contributed by atoms with Crippen molar-refractivity contribution in [3.63, 3.8) is 0 Å². The topological polar surface area (TPSA) is 68.7 Å². The van der Waals surface area contributed by atoms with Crippen LogP contribution < -0.4 is 9.64 Å². The predicted octanol–water partition coefficient (Wildman–Crippen LogP) is 6.02. The van der Waals surface area contributed by atoms with Crippen molar-refractivity contribution in [1.29, 1.82) is 0 Å². The van der Waals surface area contributed by atoms with Crippen molar-refractivity contribution in [3.8, 4) is 18.1 Å². The zero-order valence-corrected chi connectivity index (χ0v) is 21.3. The second kappa shape index (κ2) is 13.1. The van der Waals surface area contributed by atoms with Crippen LogP contribution in [0, 0.1) is 18.2 Å². The number of terminal acetylenes is 1. The maximum Gasteiger partial charge on any atom is 0.334 e. The Morgan fingerprint density at radius 2 is 2.03 bits per heavy atom. The Morgan fingerprint density at radius 3 is 2.69 bits per heavy atom. The molecule has 1 amide bonds. The smallest absolute Gasteiger partial charge is 0.334 e. The summed E-state index contributed by atoms with van der Waals surface area (Å²) in [6.45, 7) is 3.97. The van der Waals surface area contributed by atoms with Gasteiger partial charge in [0, 0.05) is 29.6 Å². The molecule has 36 heavy (non-hydrogen) atoms. The minimum absolute atomic E-state index is 0.0248. The second-order valence-electron chi connectivity index (χ2n) is 8.57. The van der Waals surface area contributed by atoms with Gasteiger partial charge in [0.05, 0.1) is 23.9 Å². The highest BCUT2D eigenvalue weighted by atomic mass is 35.5. The van der Waals surface area contributed by atoms with Crippen molar-refractivity contribution in [2.45, 2.75) is 65.0 Å². The van der Waals surface area contributed by atoms with Crippen molar-refractivity contribution >= 4 is 29.2 Å². The van der Waals surface area contributed by atoms with Crippen molar-refractivity contribution in [2.24, 2.45) is 0 Å². The first-order chi connectivity index (χ1) is 17.3. The molecular formula is C28H30ClFN2O4. The lowest BCUT2D eigenvalue weighted by Crippen LogP contribution is -2.34. The zero-order chi connectivity index (χ0) is 26.1. The van der Waals surface area contributed by atoms with Crippen LogP contribution in [0.5, 0.6) is 5.75 Å². The molecule has 1 unspecified atom stereocenters. The van der Waals surface area contributed by atoms with E-state index in [0.29, 0.717) is 36.2 Å².